The number of phenols is 1. The lowest BCUT2D eigenvalue weighted by Gasteiger charge is -2.50. The highest BCUT2D eigenvalue weighted by Gasteiger charge is 2.55. The number of benzene rings is 1. The second-order valence-corrected chi connectivity index (χ2v) is 14.9. The molecule has 4 rings (SSSR count). The largest absolute Gasteiger partial charge is 0.508 e. The third-order valence-electron chi connectivity index (χ3n) is 5.93. The van der Waals surface area contributed by atoms with E-state index in [4.69, 9.17) is 9.47 Å². The van der Waals surface area contributed by atoms with E-state index in [2.05, 4.69) is 31.5 Å². The number of hydrogen-bond acceptors (Lipinski definition) is 6. The van der Waals surface area contributed by atoms with Crippen LogP contribution in [0, 0.1) is 5.92 Å². The lowest BCUT2D eigenvalue weighted by atomic mass is 9.57. The van der Waals surface area contributed by atoms with Gasteiger partial charge in [0.25, 0.3) is 0 Å². The Morgan fingerprint density at radius 2 is 2.00 bits per heavy atom. The maximum Gasteiger partial charge on any atom is 0.407 e. The fourth-order valence-electron chi connectivity index (χ4n) is 4.53. The van der Waals surface area contributed by atoms with Gasteiger partial charge in [0.2, 0.25) is 0 Å². The third kappa shape index (κ3) is 4.70. The summed E-state index contributed by atoms with van der Waals surface area (Å²) in [6.07, 6.45) is 0.425. The Bertz CT molecular complexity index is 820. The average molecular weight is 434 g/mol. The molecule has 5 atom stereocenters. The minimum Gasteiger partial charge on any atom is -0.508 e. The van der Waals surface area contributed by atoms with Crippen molar-refractivity contribution >= 4 is 20.1 Å². The van der Waals surface area contributed by atoms with E-state index in [-0.39, 0.29) is 24.2 Å². The van der Waals surface area contributed by atoms with Crippen LogP contribution in [-0.2, 0) is 14.3 Å². The average Bonchev–Trinajstić information content (AvgIpc) is 2.64. The second-order valence-electron chi connectivity index (χ2n) is 9.31. The van der Waals surface area contributed by atoms with Gasteiger partial charge in [-0.1, -0.05) is 38.4 Å². The molecular weight excluding hydrogens is 402 g/mol. The fourth-order valence-corrected chi connectivity index (χ4v) is 5.25. The van der Waals surface area contributed by atoms with Crippen LogP contribution in [-0.4, -0.2) is 55.7 Å². The summed E-state index contributed by atoms with van der Waals surface area (Å²) < 4.78 is 10.7. The number of phenolic OH excluding ortho intramolecular Hbond substituents is 1. The molecule has 0 saturated heterocycles. The zero-order valence-corrected chi connectivity index (χ0v) is 18.8. The van der Waals surface area contributed by atoms with Crippen molar-refractivity contribution in [3.8, 4) is 5.75 Å². The molecular formula is C22H31NO6Si. The van der Waals surface area contributed by atoms with Gasteiger partial charge in [-0.05, 0) is 35.7 Å². The van der Waals surface area contributed by atoms with Gasteiger partial charge in [0.15, 0.2) is 0 Å². The number of fused-ring (bicyclic) bond motifs is 2. The van der Waals surface area contributed by atoms with Crippen LogP contribution in [0.3, 0.4) is 0 Å². The van der Waals surface area contributed by atoms with E-state index in [0.717, 1.165) is 17.2 Å². The highest BCUT2D eigenvalue weighted by molar-refractivity contribution is 6.76. The van der Waals surface area contributed by atoms with Crippen molar-refractivity contribution in [2.24, 2.45) is 5.92 Å². The molecule has 164 valence electrons. The zero-order valence-electron chi connectivity index (χ0n) is 17.8. The van der Waals surface area contributed by atoms with Crippen molar-refractivity contribution in [3.63, 3.8) is 0 Å². The molecule has 1 saturated carbocycles. The van der Waals surface area contributed by atoms with Gasteiger partial charge >= 0.3 is 12.1 Å². The molecule has 30 heavy (non-hydrogen) atoms. The van der Waals surface area contributed by atoms with Gasteiger partial charge in [-0.25, -0.2) is 4.79 Å². The van der Waals surface area contributed by atoms with Gasteiger partial charge in [0, 0.05) is 19.9 Å². The van der Waals surface area contributed by atoms with E-state index < -0.39 is 38.1 Å². The Labute approximate surface area is 178 Å². The van der Waals surface area contributed by atoms with Crippen LogP contribution in [0.1, 0.15) is 29.4 Å². The van der Waals surface area contributed by atoms with Crippen molar-refractivity contribution in [3.05, 3.63) is 42.0 Å². The SMILES string of the molecule is C=CCOC(=O)N[C@H]1[C@H](C(=O)OCC[Si](C)(C)C)C2CC(O)[C@H]1c1cc(O)ccc12. The Morgan fingerprint density at radius 3 is 2.67 bits per heavy atom. The van der Waals surface area contributed by atoms with E-state index in [1.807, 2.05) is 0 Å². The van der Waals surface area contributed by atoms with E-state index >= 15 is 0 Å². The summed E-state index contributed by atoms with van der Waals surface area (Å²) in [6.45, 7) is 10.5. The molecule has 2 bridgehead atoms. The molecule has 0 aliphatic heterocycles. The molecule has 1 fully saturated rings. The quantitative estimate of drug-likeness (QED) is 0.347. The summed E-state index contributed by atoms with van der Waals surface area (Å²) in [5.41, 5.74) is 1.66. The Hall–Kier alpha value is -2.32. The highest BCUT2D eigenvalue weighted by Crippen LogP contribution is 2.53. The number of hydrogen-bond donors (Lipinski definition) is 3. The topological polar surface area (TPSA) is 105 Å². The highest BCUT2D eigenvalue weighted by atomic mass is 28.3. The number of aliphatic hydroxyl groups is 1. The van der Waals surface area contributed by atoms with Crippen LogP contribution in [0.2, 0.25) is 25.7 Å². The number of ether oxygens (including phenoxy) is 2. The summed E-state index contributed by atoms with van der Waals surface area (Å²) in [6, 6.07) is 5.14. The minimum absolute atomic E-state index is 0.0396. The number of esters is 1. The molecule has 0 aromatic heterocycles. The Morgan fingerprint density at radius 1 is 1.27 bits per heavy atom. The summed E-state index contributed by atoms with van der Waals surface area (Å²) in [7, 11) is -1.37. The molecule has 3 aliphatic carbocycles. The normalized spacial score (nSPS) is 27.1. The van der Waals surface area contributed by atoms with Crippen molar-refractivity contribution < 1.29 is 29.3 Å². The van der Waals surface area contributed by atoms with Gasteiger partial charge in [-0.3, -0.25) is 4.79 Å². The lowest BCUT2D eigenvalue weighted by molar-refractivity contribution is -0.153. The first-order chi connectivity index (χ1) is 14.1. The number of nitrogens with one attached hydrogen (secondary N) is 1. The summed E-state index contributed by atoms with van der Waals surface area (Å²) in [5, 5.41) is 23.5. The zero-order chi connectivity index (χ0) is 22.1. The maximum absolute atomic E-state index is 13.1. The van der Waals surface area contributed by atoms with Crippen LogP contribution >= 0.6 is 0 Å². The van der Waals surface area contributed by atoms with Crippen LogP contribution < -0.4 is 5.32 Å². The summed E-state index contributed by atoms with van der Waals surface area (Å²) in [4.78, 5) is 25.4. The Balaban J connectivity index is 1.89. The van der Waals surface area contributed by atoms with Crippen molar-refractivity contribution in [1.29, 1.82) is 0 Å². The number of aliphatic hydroxyl groups excluding tert-OH is 1. The lowest BCUT2D eigenvalue weighted by Crippen LogP contribution is -2.59. The first-order valence-electron chi connectivity index (χ1n) is 10.3. The van der Waals surface area contributed by atoms with Crippen LogP contribution in [0.25, 0.3) is 0 Å². The van der Waals surface area contributed by atoms with Gasteiger partial charge < -0.3 is 25.0 Å². The first kappa shape index (κ1) is 22.4. The molecule has 0 radical (unpaired) electrons. The van der Waals surface area contributed by atoms with Crippen LogP contribution in [0.4, 0.5) is 4.79 Å². The molecule has 8 heteroatoms. The molecule has 2 unspecified atom stereocenters. The van der Waals surface area contributed by atoms with Crippen molar-refractivity contribution in [2.75, 3.05) is 13.2 Å². The van der Waals surface area contributed by atoms with Gasteiger partial charge in [0.05, 0.1) is 24.7 Å². The number of carbonyl (C=O) groups excluding carboxylic acids is 2. The van der Waals surface area contributed by atoms with Gasteiger partial charge in [-0.15, -0.1) is 0 Å². The molecule has 1 aromatic carbocycles. The molecule has 7 nitrogen and oxygen atoms in total. The third-order valence-corrected chi connectivity index (χ3v) is 7.64. The van der Waals surface area contributed by atoms with Crippen LogP contribution in [0.5, 0.6) is 5.75 Å². The second kappa shape index (κ2) is 8.81. The van der Waals surface area contributed by atoms with E-state index in [1.165, 1.54) is 6.08 Å². The number of rotatable bonds is 7. The molecule has 0 spiro atoms. The number of amides is 1. The van der Waals surface area contributed by atoms with E-state index in [9.17, 15) is 19.8 Å². The maximum atomic E-state index is 13.1. The minimum atomic E-state index is -1.37. The number of aromatic hydroxyl groups is 1. The summed E-state index contributed by atoms with van der Waals surface area (Å²) in [5.74, 6) is -1.78. The first-order valence-corrected chi connectivity index (χ1v) is 14.0. The van der Waals surface area contributed by atoms with Crippen molar-refractivity contribution in [1.82, 2.24) is 5.32 Å². The standard InChI is InChI=1S/C22H31NO6Si/c1-5-8-29-22(27)23-20-18-15-11-13(24)6-7-14(15)16(12-17(18)25)19(20)21(26)28-9-10-30(2,3)4/h5-7,11,16-20,24-25H,1,8-10,12H2,2-4H3,(H,23,27)/t16?,17?,18-,19-,20-/m1/s1. The van der Waals surface area contributed by atoms with E-state index in [0.29, 0.717) is 13.0 Å². The fraction of sp³-hybridized carbons (Fsp3) is 0.545. The number of alkyl carbamates (subject to hydrolysis) is 1. The molecule has 3 aliphatic rings. The predicted octanol–water partition coefficient (Wildman–Crippen LogP) is 3.12. The molecule has 3 N–H and O–H groups in total. The van der Waals surface area contributed by atoms with Crippen molar-refractivity contribution in [2.45, 2.75) is 56.1 Å². The molecule has 1 amide bonds. The van der Waals surface area contributed by atoms with E-state index in [1.54, 1.807) is 18.2 Å². The number of carbonyl (C=O) groups is 2. The van der Waals surface area contributed by atoms with Crippen LogP contribution in [0.15, 0.2) is 30.9 Å². The Kier molecular flexibility index (Phi) is 6.57. The monoisotopic (exact) mass is 433 g/mol. The molecule has 0 heterocycles. The van der Waals surface area contributed by atoms with Gasteiger partial charge in [-0.2, -0.15) is 0 Å². The molecule has 1 aromatic rings. The summed E-state index contributed by atoms with van der Waals surface area (Å²) >= 11 is 0. The van der Waals surface area contributed by atoms with Gasteiger partial charge in [0.1, 0.15) is 12.4 Å². The predicted molar refractivity (Wildman–Crippen MR) is 115 cm³/mol. The smallest absolute Gasteiger partial charge is 0.407 e.